The van der Waals surface area contributed by atoms with Crippen molar-refractivity contribution >= 4 is 0 Å². The highest BCUT2D eigenvalue weighted by atomic mass is 19.1. The summed E-state index contributed by atoms with van der Waals surface area (Å²) in [6, 6.07) is 10.0. The van der Waals surface area contributed by atoms with Gasteiger partial charge in [-0.25, -0.2) is 8.78 Å². The molecule has 0 aliphatic heterocycles. The summed E-state index contributed by atoms with van der Waals surface area (Å²) in [6.45, 7) is 5.17. The molecule has 2 rings (SSSR count). The van der Waals surface area contributed by atoms with Crippen molar-refractivity contribution in [3.8, 4) is 0 Å². The fourth-order valence-corrected chi connectivity index (χ4v) is 2.18. The lowest BCUT2D eigenvalue weighted by molar-refractivity contribution is 0.478. The number of benzene rings is 2. The van der Waals surface area contributed by atoms with Crippen LogP contribution in [-0.4, -0.2) is 0 Å². The molecular weight excluding hydrogens is 244 g/mol. The zero-order chi connectivity index (χ0) is 14.2. The second-order valence-electron chi connectivity index (χ2n) is 5.12. The van der Waals surface area contributed by atoms with Crippen LogP contribution in [0.3, 0.4) is 0 Å². The minimum atomic E-state index is -1.20. The lowest BCUT2D eigenvalue weighted by Gasteiger charge is -2.27. The summed E-state index contributed by atoms with van der Waals surface area (Å²) in [5.74, 6) is -1.20. The van der Waals surface area contributed by atoms with Crippen molar-refractivity contribution in [3.63, 3.8) is 0 Å². The van der Waals surface area contributed by atoms with Crippen molar-refractivity contribution in [1.82, 2.24) is 0 Å². The van der Waals surface area contributed by atoms with E-state index in [0.717, 1.165) is 5.56 Å². The molecule has 0 fully saturated rings. The molecule has 0 bridgehead atoms. The Kier molecular flexibility index (Phi) is 3.42. The third-order valence-corrected chi connectivity index (χ3v) is 3.45. The Labute approximate surface area is 112 Å². The lowest BCUT2D eigenvalue weighted by Crippen LogP contribution is -2.36. The van der Waals surface area contributed by atoms with E-state index in [0.29, 0.717) is 11.1 Å². The molecule has 0 saturated carbocycles. The molecule has 100 valence electrons. The lowest BCUT2D eigenvalue weighted by atomic mass is 9.84. The van der Waals surface area contributed by atoms with Crippen LogP contribution in [0.1, 0.15) is 29.2 Å². The summed E-state index contributed by atoms with van der Waals surface area (Å²) in [7, 11) is 0. The van der Waals surface area contributed by atoms with Gasteiger partial charge in [-0.1, -0.05) is 35.9 Å². The zero-order valence-corrected chi connectivity index (χ0v) is 11.3. The Morgan fingerprint density at radius 1 is 0.947 bits per heavy atom. The van der Waals surface area contributed by atoms with E-state index in [2.05, 4.69) is 0 Å². The maximum Gasteiger partial charge on any atom is 0.134 e. The van der Waals surface area contributed by atoms with Crippen LogP contribution in [0, 0.1) is 25.5 Å². The van der Waals surface area contributed by atoms with Gasteiger partial charge in [-0.3, -0.25) is 0 Å². The molecule has 0 saturated heterocycles. The highest BCUT2D eigenvalue weighted by molar-refractivity contribution is 5.41. The van der Waals surface area contributed by atoms with Gasteiger partial charge >= 0.3 is 0 Å². The smallest absolute Gasteiger partial charge is 0.134 e. The summed E-state index contributed by atoms with van der Waals surface area (Å²) >= 11 is 0. The van der Waals surface area contributed by atoms with Crippen LogP contribution in [0.5, 0.6) is 0 Å². The summed E-state index contributed by atoms with van der Waals surface area (Å²) in [5.41, 5.74) is 7.06. The van der Waals surface area contributed by atoms with Gasteiger partial charge in [-0.15, -0.1) is 0 Å². The molecule has 0 aliphatic carbocycles. The van der Waals surface area contributed by atoms with E-state index in [9.17, 15) is 8.78 Å². The molecule has 0 heterocycles. The number of aryl methyl sites for hydroxylation is 2. The van der Waals surface area contributed by atoms with Gasteiger partial charge in [0.2, 0.25) is 0 Å². The second-order valence-corrected chi connectivity index (χ2v) is 5.12. The highest BCUT2D eigenvalue weighted by Gasteiger charge is 2.31. The average Bonchev–Trinajstić information content (AvgIpc) is 2.34. The summed E-state index contributed by atoms with van der Waals surface area (Å²) < 4.78 is 28.2. The Morgan fingerprint density at radius 3 is 2.11 bits per heavy atom. The number of halogens is 2. The molecule has 0 aromatic heterocycles. The van der Waals surface area contributed by atoms with Crippen LogP contribution < -0.4 is 5.73 Å². The van der Waals surface area contributed by atoms with E-state index < -0.39 is 17.2 Å². The molecule has 2 aromatic carbocycles. The van der Waals surface area contributed by atoms with Gasteiger partial charge in [0, 0.05) is 5.56 Å². The number of nitrogens with two attached hydrogens (primary N) is 1. The molecule has 0 aliphatic rings. The molecule has 2 aromatic rings. The maximum absolute atomic E-state index is 14.2. The number of hydrogen-bond donors (Lipinski definition) is 1. The molecule has 1 nitrogen and oxygen atoms in total. The minimum Gasteiger partial charge on any atom is -0.318 e. The Morgan fingerprint density at radius 2 is 1.53 bits per heavy atom. The molecule has 1 unspecified atom stereocenters. The van der Waals surface area contributed by atoms with E-state index in [1.807, 2.05) is 19.1 Å². The summed E-state index contributed by atoms with van der Waals surface area (Å²) in [4.78, 5) is 0. The second kappa shape index (κ2) is 4.74. The number of hydrogen-bond acceptors (Lipinski definition) is 1. The highest BCUT2D eigenvalue weighted by Crippen LogP contribution is 2.32. The van der Waals surface area contributed by atoms with Crippen molar-refractivity contribution in [2.45, 2.75) is 26.3 Å². The van der Waals surface area contributed by atoms with Gasteiger partial charge in [0.05, 0.1) is 5.54 Å². The first kappa shape index (κ1) is 13.7. The summed E-state index contributed by atoms with van der Waals surface area (Å²) in [5, 5.41) is 0. The van der Waals surface area contributed by atoms with Crippen molar-refractivity contribution in [1.29, 1.82) is 0 Å². The fraction of sp³-hybridized carbons (Fsp3) is 0.250. The maximum atomic E-state index is 14.2. The van der Waals surface area contributed by atoms with Gasteiger partial charge in [0.1, 0.15) is 11.6 Å². The largest absolute Gasteiger partial charge is 0.318 e. The van der Waals surface area contributed by atoms with Crippen LogP contribution >= 0.6 is 0 Å². The molecule has 0 radical (unpaired) electrons. The topological polar surface area (TPSA) is 26.0 Å². The average molecular weight is 261 g/mol. The Hall–Kier alpha value is -1.74. The molecule has 1 atom stereocenters. The number of rotatable bonds is 2. The molecule has 0 spiro atoms. The van der Waals surface area contributed by atoms with Crippen molar-refractivity contribution in [3.05, 3.63) is 70.3 Å². The van der Waals surface area contributed by atoms with Gasteiger partial charge in [0.25, 0.3) is 0 Å². The first-order chi connectivity index (χ1) is 8.84. The predicted molar refractivity (Wildman–Crippen MR) is 72.9 cm³/mol. The Bertz CT molecular complexity index is 601. The standard InChI is InChI=1S/C16H17F2N/c1-10-4-7-12(8-5-10)16(3,19)14-13(17)9-6-11(2)15(14)18/h4-9H,19H2,1-3H3. The first-order valence-electron chi connectivity index (χ1n) is 6.15. The van der Waals surface area contributed by atoms with E-state index in [1.54, 1.807) is 26.0 Å². The van der Waals surface area contributed by atoms with Crippen molar-refractivity contribution < 1.29 is 8.78 Å². The third kappa shape index (κ3) is 2.38. The van der Waals surface area contributed by atoms with E-state index >= 15 is 0 Å². The van der Waals surface area contributed by atoms with Gasteiger partial charge in [-0.2, -0.15) is 0 Å². The predicted octanol–water partition coefficient (Wildman–Crippen LogP) is 3.80. The molecular formula is C16H17F2N. The normalized spacial score (nSPS) is 14.2. The van der Waals surface area contributed by atoms with E-state index in [4.69, 9.17) is 5.73 Å². The van der Waals surface area contributed by atoms with Crippen LogP contribution in [-0.2, 0) is 5.54 Å². The van der Waals surface area contributed by atoms with E-state index in [1.165, 1.54) is 12.1 Å². The molecule has 2 N–H and O–H groups in total. The van der Waals surface area contributed by atoms with Crippen LogP contribution in [0.25, 0.3) is 0 Å². The molecule has 3 heteroatoms. The van der Waals surface area contributed by atoms with Gasteiger partial charge in [0.15, 0.2) is 0 Å². The molecule has 19 heavy (non-hydrogen) atoms. The SMILES string of the molecule is Cc1ccc(C(C)(N)c2c(F)ccc(C)c2F)cc1. The van der Waals surface area contributed by atoms with E-state index in [-0.39, 0.29) is 5.56 Å². The van der Waals surface area contributed by atoms with Gasteiger partial charge < -0.3 is 5.73 Å². The molecule has 0 amide bonds. The van der Waals surface area contributed by atoms with Crippen LogP contribution in [0.2, 0.25) is 0 Å². The minimum absolute atomic E-state index is 0.0867. The van der Waals surface area contributed by atoms with Gasteiger partial charge in [-0.05, 0) is 38.0 Å². The first-order valence-corrected chi connectivity index (χ1v) is 6.15. The Balaban J connectivity index is 2.62. The quantitative estimate of drug-likeness (QED) is 0.874. The van der Waals surface area contributed by atoms with Crippen molar-refractivity contribution in [2.75, 3.05) is 0 Å². The van der Waals surface area contributed by atoms with Crippen LogP contribution in [0.4, 0.5) is 8.78 Å². The summed E-state index contributed by atoms with van der Waals surface area (Å²) in [6.07, 6.45) is 0. The fourth-order valence-electron chi connectivity index (χ4n) is 2.18. The zero-order valence-electron chi connectivity index (χ0n) is 11.3. The van der Waals surface area contributed by atoms with Crippen LogP contribution in [0.15, 0.2) is 36.4 Å². The monoisotopic (exact) mass is 261 g/mol. The third-order valence-electron chi connectivity index (χ3n) is 3.45. The van der Waals surface area contributed by atoms with Crippen molar-refractivity contribution in [2.24, 2.45) is 5.73 Å².